The molecule has 110 valence electrons. The van der Waals surface area contributed by atoms with E-state index in [1.807, 2.05) is 13.8 Å². The van der Waals surface area contributed by atoms with Crippen LogP contribution in [0.25, 0.3) is 0 Å². The molecule has 0 saturated carbocycles. The Morgan fingerprint density at radius 1 is 1.10 bits per heavy atom. The summed E-state index contributed by atoms with van der Waals surface area (Å²) in [6.45, 7) is 4.23. The number of hydrogen-bond donors (Lipinski definition) is 0. The second-order valence-electron chi connectivity index (χ2n) is 4.86. The number of para-hydroxylation sites is 1. The lowest BCUT2D eigenvalue weighted by molar-refractivity contribution is 0.0454. The van der Waals surface area contributed by atoms with Crippen molar-refractivity contribution in [1.29, 1.82) is 0 Å². The maximum absolute atomic E-state index is 12.0. The van der Waals surface area contributed by atoms with Crippen LogP contribution in [0.2, 0.25) is 0 Å². The number of carbonyl (C=O) groups excluding carboxylic acids is 2. The Labute approximate surface area is 127 Å². The van der Waals surface area contributed by atoms with E-state index < -0.39 is 11.9 Å². The van der Waals surface area contributed by atoms with E-state index in [1.54, 1.807) is 41.8 Å². The highest BCUT2D eigenvalue weighted by atomic mass is 32.1. The van der Waals surface area contributed by atoms with E-state index in [2.05, 4.69) is 0 Å². The van der Waals surface area contributed by atoms with Gasteiger partial charge in [0.25, 0.3) is 0 Å². The van der Waals surface area contributed by atoms with Crippen molar-refractivity contribution in [2.75, 3.05) is 6.61 Å². The van der Waals surface area contributed by atoms with Gasteiger partial charge in [0.2, 0.25) is 0 Å². The minimum absolute atomic E-state index is 0.213. The van der Waals surface area contributed by atoms with Gasteiger partial charge in [-0.05, 0) is 29.5 Å². The highest BCUT2D eigenvalue weighted by molar-refractivity contribution is 7.12. The number of hydrogen-bond acceptors (Lipinski definition) is 5. The van der Waals surface area contributed by atoms with E-state index >= 15 is 0 Å². The first-order valence-corrected chi connectivity index (χ1v) is 7.47. The topological polar surface area (TPSA) is 52.6 Å². The van der Waals surface area contributed by atoms with Crippen LogP contribution in [-0.2, 0) is 4.74 Å². The van der Waals surface area contributed by atoms with Gasteiger partial charge in [-0.15, -0.1) is 11.3 Å². The highest BCUT2D eigenvalue weighted by Gasteiger charge is 2.17. The third-order valence-electron chi connectivity index (χ3n) is 2.58. The number of thiophene rings is 1. The summed E-state index contributed by atoms with van der Waals surface area (Å²) in [5.74, 6) is -0.508. The first kappa shape index (κ1) is 15.3. The Kier molecular flexibility index (Phi) is 5.11. The molecule has 21 heavy (non-hydrogen) atoms. The first-order valence-electron chi connectivity index (χ1n) is 6.59. The average molecular weight is 304 g/mol. The van der Waals surface area contributed by atoms with Gasteiger partial charge in [0.1, 0.15) is 16.2 Å². The Morgan fingerprint density at radius 2 is 1.86 bits per heavy atom. The predicted octanol–water partition coefficient (Wildman–Crippen LogP) is 3.78. The SMILES string of the molecule is CC(C)COC(=O)c1ccccc1OC(=O)c1cccs1. The van der Waals surface area contributed by atoms with Crippen LogP contribution >= 0.6 is 11.3 Å². The molecule has 0 aliphatic heterocycles. The minimum atomic E-state index is -0.488. The molecular formula is C16H16O4S. The predicted molar refractivity (Wildman–Crippen MR) is 80.8 cm³/mol. The zero-order valence-electron chi connectivity index (χ0n) is 11.9. The van der Waals surface area contributed by atoms with E-state index in [0.29, 0.717) is 11.5 Å². The van der Waals surface area contributed by atoms with Crippen molar-refractivity contribution < 1.29 is 19.1 Å². The highest BCUT2D eigenvalue weighted by Crippen LogP contribution is 2.21. The average Bonchev–Trinajstić information content (AvgIpc) is 2.99. The molecule has 0 spiro atoms. The van der Waals surface area contributed by atoms with Gasteiger partial charge in [0.05, 0.1) is 6.61 Å². The molecule has 0 unspecified atom stereocenters. The molecule has 1 aromatic heterocycles. The molecule has 0 atom stereocenters. The van der Waals surface area contributed by atoms with Crippen molar-refractivity contribution in [2.24, 2.45) is 5.92 Å². The molecule has 2 rings (SSSR count). The Hall–Kier alpha value is -2.14. The quantitative estimate of drug-likeness (QED) is 0.623. The van der Waals surface area contributed by atoms with Crippen molar-refractivity contribution in [1.82, 2.24) is 0 Å². The van der Waals surface area contributed by atoms with Crippen LogP contribution in [0.15, 0.2) is 41.8 Å². The van der Waals surface area contributed by atoms with Gasteiger partial charge in [-0.2, -0.15) is 0 Å². The van der Waals surface area contributed by atoms with Gasteiger partial charge in [-0.25, -0.2) is 9.59 Å². The summed E-state index contributed by atoms with van der Waals surface area (Å²) in [7, 11) is 0. The normalized spacial score (nSPS) is 10.4. The molecule has 0 bridgehead atoms. The lowest BCUT2D eigenvalue weighted by Crippen LogP contribution is -2.14. The summed E-state index contributed by atoms with van der Waals surface area (Å²) in [5.41, 5.74) is 0.253. The van der Waals surface area contributed by atoms with Gasteiger partial charge < -0.3 is 9.47 Å². The molecule has 0 saturated heterocycles. The van der Waals surface area contributed by atoms with Crippen LogP contribution in [0.1, 0.15) is 33.9 Å². The standard InChI is InChI=1S/C16H16O4S/c1-11(2)10-19-15(17)12-6-3-4-7-13(12)20-16(18)14-8-5-9-21-14/h3-9,11H,10H2,1-2H3. The van der Waals surface area contributed by atoms with Crippen molar-refractivity contribution in [3.8, 4) is 5.75 Å². The van der Waals surface area contributed by atoms with Gasteiger partial charge in [0, 0.05) is 0 Å². The van der Waals surface area contributed by atoms with E-state index in [9.17, 15) is 9.59 Å². The first-order chi connectivity index (χ1) is 10.1. The number of ether oxygens (including phenoxy) is 2. The molecule has 0 fully saturated rings. The maximum Gasteiger partial charge on any atom is 0.353 e. The van der Waals surface area contributed by atoms with Crippen molar-refractivity contribution in [2.45, 2.75) is 13.8 Å². The molecule has 0 N–H and O–H groups in total. The smallest absolute Gasteiger partial charge is 0.353 e. The van der Waals surface area contributed by atoms with E-state index in [0.717, 1.165) is 0 Å². The molecule has 0 amide bonds. The number of rotatable bonds is 5. The van der Waals surface area contributed by atoms with Crippen molar-refractivity contribution >= 4 is 23.3 Å². The van der Waals surface area contributed by atoms with Gasteiger partial charge >= 0.3 is 11.9 Å². The third-order valence-corrected chi connectivity index (χ3v) is 3.43. The largest absolute Gasteiger partial charge is 0.462 e. The van der Waals surface area contributed by atoms with Crippen LogP contribution in [0.4, 0.5) is 0 Å². The van der Waals surface area contributed by atoms with E-state index in [-0.39, 0.29) is 17.2 Å². The summed E-state index contributed by atoms with van der Waals surface area (Å²) in [6, 6.07) is 10.0. The summed E-state index contributed by atoms with van der Waals surface area (Å²) in [6.07, 6.45) is 0. The molecule has 0 aliphatic rings. The molecular weight excluding hydrogens is 288 g/mol. The fraction of sp³-hybridized carbons (Fsp3) is 0.250. The molecule has 5 heteroatoms. The van der Waals surface area contributed by atoms with Gasteiger partial charge in [0.15, 0.2) is 0 Å². The fourth-order valence-electron chi connectivity index (χ4n) is 1.59. The summed E-state index contributed by atoms with van der Waals surface area (Å²) < 4.78 is 10.5. The third kappa shape index (κ3) is 4.16. The second kappa shape index (κ2) is 7.04. The Balaban J connectivity index is 2.13. The summed E-state index contributed by atoms with van der Waals surface area (Å²) >= 11 is 1.29. The molecule has 1 heterocycles. The second-order valence-corrected chi connectivity index (χ2v) is 5.80. The van der Waals surface area contributed by atoms with Crippen LogP contribution in [0.5, 0.6) is 5.75 Å². The number of carbonyl (C=O) groups is 2. The van der Waals surface area contributed by atoms with Crippen LogP contribution in [0.3, 0.4) is 0 Å². The molecule has 2 aromatic rings. The monoisotopic (exact) mass is 304 g/mol. The molecule has 0 radical (unpaired) electrons. The fourth-order valence-corrected chi connectivity index (χ4v) is 2.19. The van der Waals surface area contributed by atoms with Crippen molar-refractivity contribution in [3.05, 3.63) is 52.2 Å². The van der Waals surface area contributed by atoms with Crippen LogP contribution < -0.4 is 4.74 Å². The lowest BCUT2D eigenvalue weighted by Gasteiger charge is -2.10. The summed E-state index contributed by atoms with van der Waals surface area (Å²) in [4.78, 5) is 24.5. The van der Waals surface area contributed by atoms with Crippen molar-refractivity contribution in [3.63, 3.8) is 0 Å². The minimum Gasteiger partial charge on any atom is -0.462 e. The van der Waals surface area contributed by atoms with Gasteiger partial charge in [-0.1, -0.05) is 32.0 Å². The Morgan fingerprint density at radius 3 is 2.52 bits per heavy atom. The lowest BCUT2D eigenvalue weighted by atomic mass is 10.2. The summed E-state index contributed by atoms with van der Waals surface area (Å²) in [5, 5.41) is 1.79. The number of benzene rings is 1. The number of esters is 2. The molecule has 1 aromatic carbocycles. The Bertz CT molecular complexity index is 617. The van der Waals surface area contributed by atoms with E-state index in [1.165, 1.54) is 11.3 Å². The maximum atomic E-state index is 12.0. The molecule has 4 nitrogen and oxygen atoms in total. The molecule has 0 aliphatic carbocycles. The zero-order valence-corrected chi connectivity index (χ0v) is 12.7. The van der Waals surface area contributed by atoms with Gasteiger partial charge in [-0.3, -0.25) is 0 Å². The van der Waals surface area contributed by atoms with Crippen LogP contribution in [-0.4, -0.2) is 18.5 Å². The zero-order chi connectivity index (χ0) is 15.2. The van der Waals surface area contributed by atoms with E-state index in [4.69, 9.17) is 9.47 Å². The van der Waals surface area contributed by atoms with Crippen LogP contribution in [0, 0.1) is 5.92 Å².